The topological polar surface area (TPSA) is 117 Å². The summed E-state index contributed by atoms with van der Waals surface area (Å²) in [7, 11) is -1.13. The summed E-state index contributed by atoms with van der Waals surface area (Å²) in [4.78, 5) is 20.0. The molecule has 3 N–H and O–H groups in total. The lowest BCUT2D eigenvalue weighted by molar-refractivity contribution is -0.145. The highest BCUT2D eigenvalue weighted by molar-refractivity contribution is 6.62. The predicted octanol–water partition coefficient (Wildman–Crippen LogP) is 0.748. The van der Waals surface area contributed by atoms with E-state index in [0.29, 0.717) is 35.9 Å². The zero-order chi connectivity index (χ0) is 18.7. The molecule has 0 saturated carbocycles. The van der Waals surface area contributed by atoms with Crippen LogP contribution in [0, 0.1) is 6.92 Å². The Hall–Kier alpha value is -2.49. The lowest BCUT2D eigenvalue weighted by Gasteiger charge is -2.14. The van der Waals surface area contributed by atoms with Gasteiger partial charge in [0.25, 0.3) is 0 Å². The van der Waals surface area contributed by atoms with Crippen LogP contribution in [0.4, 0.5) is 0 Å². The summed E-state index contributed by atoms with van der Waals surface area (Å²) in [6, 6.07) is 3.48. The van der Waals surface area contributed by atoms with Crippen molar-refractivity contribution in [1.82, 2.24) is 9.97 Å². The van der Waals surface area contributed by atoms with Crippen LogP contribution in [0.3, 0.4) is 0 Å². The molecule has 1 unspecified atom stereocenters. The van der Waals surface area contributed by atoms with Crippen molar-refractivity contribution in [2.24, 2.45) is 5.73 Å². The van der Waals surface area contributed by atoms with Crippen LogP contribution in [0.15, 0.2) is 24.5 Å². The summed E-state index contributed by atoms with van der Waals surface area (Å²) in [6.45, 7) is 4.22. The maximum atomic E-state index is 11.8. The lowest BCUT2D eigenvalue weighted by Crippen LogP contribution is -2.28. The minimum absolute atomic E-state index is 0.0466. The van der Waals surface area contributed by atoms with E-state index >= 15 is 0 Å². The largest absolute Gasteiger partial charge is 0.492 e. The molecule has 136 valence electrons. The number of benzene rings is 1. The Morgan fingerprint density at radius 1 is 1.38 bits per heavy atom. The number of ether oxygens (including phenoxy) is 2. The summed E-state index contributed by atoms with van der Waals surface area (Å²) in [6.07, 6.45) is 2.53. The molecular weight excluding hydrogens is 337 g/mol. The van der Waals surface area contributed by atoms with E-state index < -0.39 is 13.2 Å². The Bertz CT molecular complexity index is 800. The van der Waals surface area contributed by atoms with Crippen LogP contribution < -0.4 is 15.9 Å². The van der Waals surface area contributed by atoms with Crippen LogP contribution >= 0.6 is 0 Å². The van der Waals surface area contributed by atoms with E-state index in [0.717, 1.165) is 11.1 Å². The number of esters is 1. The number of carbonyl (C=O) groups is 1. The average molecular weight is 357 g/mol. The third-order valence-corrected chi connectivity index (χ3v) is 4.04. The van der Waals surface area contributed by atoms with Crippen molar-refractivity contribution in [2.45, 2.75) is 32.9 Å². The number of carbonyl (C=O) groups excluding carboxylic acids is 1. The number of nitrogens with zero attached hydrogens (tertiary/aromatic N) is 2. The first-order chi connectivity index (χ1) is 12.5. The maximum absolute atomic E-state index is 11.8. The summed E-state index contributed by atoms with van der Waals surface area (Å²) < 4.78 is 16.2. The first kappa shape index (κ1) is 18.3. The van der Waals surface area contributed by atoms with E-state index in [1.165, 1.54) is 6.20 Å². The minimum atomic E-state index is -1.13. The number of rotatable bonds is 6. The number of hydrogen-bond acceptors (Lipinski definition) is 8. The number of aryl methyl sites for hydroxylation is 1. The summed E-state index contributed by atoms with van der Waals surface area (Å²) in [5.74, 6) is 0.445. The monoisotopic (exact) mass is 357 g/mol. The normalized spacial score (nSPS) is 15.7. The molecule has 1 aromatic heterocycles. The Kier molecular flexibility index (Phi) is 5.50. The van der Waals surface area contributed by atoms with Gasteiger partial charge in [0.2, 0.25) is 5.88 Å². The quantitative estimate of drug-likeness (QED) is 0.575. The van der Waals surface area contributed by atoms with Gasteiger partial charge in [0.05, 0.1) is 37.2 Å². The van der Waals surface area contributed by atoms with Crippen molar-refractivity contribution in [2.75, 3.05) is 6.61 Å². The van der Waals surface area contributed by atoms with Gasteiger partial charge in [-0.3, -0.25) is 9.78 Å². The molecule has 0 spiro atoms. The van der Waals surface area contributed by atoms with Crippen LogP contribution in [0.1, 0.15) is 36.3 Å². The average Bonchev–Trinajstić information content (AvgIpc) is 2.92. The Morgan fingerprint density at radius 2 is 2.19 bits per heavy atom. The van der Waals surface area contributed by atoms with Crippen LogP contribution in [-0.4, -0.2) is 34.7 Å². The van der Waals surface area contributed by atoms with Gasteiger partial charge in [-0.05, 0) is 42.6 Å². The highest BCUT2D eigenvalue weighted by atomic mass is 16.5. The summed E-state index contributed by atoms with van der Waals surface area (Å²) >= 11 is 0. The van der Waals surface area contributed by atoms with Crippen molar-refractivity contribution < 1.29 is 23.9 Å². The minimum Gasteiger partial charge on any atom is -0.466 e. The Morgan fingerprint density at radius 3 is 2.85 bits per heavy atom. The first-order valence-electron chi connectivity index (χ1n) is 8.34. The van der Waals surface area contributed by atoms with Crippen molar-refractivity contribution in [1.29, 1.82) is 0 Å². The smallest absolute Gasteiger partial charge is 0.466 e. The highest BCUT2D eigenvalue weighted by Gasteiger charge is 2.38. The fourth-order valence-electron chi connectivity index (χ4n) is 2.93. The van der Waals surface area contributed by atoms with Gasteiger partial charge in [-0.2, -0.15) is 0 Å². The van der Waals surface area contributed by atoms with Gasteiger partial charge in [-0.15, -0.1) is 0 Å². The second-order valence-corrected chi connectivity index (χ2v) is 5.88. The fraction of sp³-hybridized carbons (Fsp3) is 0.353. The van der Waals surface area contributed by atoms with E-state index in [4.69, 9.17) is 19.9 Å². The van der Waals surface area contributed by atoms with Crippen LogP contribution in [-0.2, 0) is 20.7 Å². The van der Waals surface area contributed by atoms with Gasteiger partial charge in [-0.25, -0.2) is 4.98 Å². The molecule has 1 aromatic carbocycles. The van der Waals surface area contributed by atoms with Crippen LogP contribution in [0.2, 0.25) is 0 Å². The number of hydrogen-bond donors (Lipinski definition) is 2. The van der Waals surface area contributed by atoms with E-state index in [1.807, 2.05) is 6.92 Å². The number of fused-ring (bicyclic) bond motifs is 1. The highest BCUT2D eigenvalue weighted by Crippen LogP contribution is 2.33. The van der Waals surface area contributed by atoms with Gasteiger partial charge in [0.15, 0.2) is 0 Å². The lowest BCUT2D eigenvalue weighted by atomic mass is 9.77. The van der Waals surface area contributed by atoms with Crippen LogP contribution in [0.25, 0.3) is 0 Å². The molecule has 26 heavy (non-hydrogen) atoms. The molecular formula is C17H20BN3O5. The summed E-state index contributed by atoms with van der Waals surface area (Å²) in [5, 5.41) is 10.2. The van der Waals surface area contributed by atoms with E-state index in [1.54, 1.807) is 25.3 Å². The molecule has 0 saturated heterocycles. The molecule has 2 aromatic rings. The third-order valence-electron chi connectivity index (χ3n) is 4.04. The second kappa shape index (κ2) is 7.82. The molecule has 0 fully saturated rings. The zero-order valence-electron chi connectivity index (χ0n) is 14.6. The first-order valence-corrected chi connectivity index (χ1v) is 8.34. The van der Waals surface area contributed by atoms with Gasteiger partial charge >= 0.3 is 13.1 Å². The molecule has 1 aliphatic rings. The SMILES string of the molecule is CCOC(=O)CC1OB(O)c2cc(Oc3cnc(CN)cn3)cc(C)c21. The van der Waals surface area contributed by atoms with Crippen molar-refractivity contribution in [3.63, 3.8) is 0 Å². The molecule has 1 aliphatic heterocycles. The van der Waals surface area contributed by atoms with Gasteiger partial charge < -0.3 is 24.9 Å². The molecule has 1 atom stereocenters. The van der Waals surface area contributed by atoms with E-state index in [2.05, 4.69) is 9.97 Å². The molecule has 0 amide bonds. The molecule has 8 nitrogen and oxygen atoms in total. The third kappa shape index (κ3) is 3.85. The van der Waals surface area contributed by atoms with Crippen molar-refractivity contribution in [3.8, 4) is 11.6 Å². The fourth-order valence-corrected chi connectivity index (χ4v) is 2.93. The number of aromatic nitrogens is 2. The zero-order valence-corrected chi connectivity index (χ0v) is 14.6. The Balaban J connectivity index is 1.82. The number of nitrogens with two attached hydrogens (primary N) is 1. The van der Waals surface area contributed by atoms with Gasteiger partial charge in [0, 0.05) is 6.54 Å². The molecule has 3 rings (SSSR count). The van der Waals surface area contributed by atoms with Crippen molar-refractivity contribution >= 4 is 18.6 Å². The standard InChI is InChI=1S/C17H20BN3O5/c1-3-24-16(22)6-14-17-10(2)4-12(5-13(17)18(23)26-14)25-15-9-20-11(7-19)8-21-15/h4-5,8-9,14,23H,3,6-7,19H2,1-2H3. The molecule has 0 radical (unpaired) electrons. The summed E-state index contributed by atoms with van der Waals surface area (Å²) in [5.41, 5.74) is 8.35. The van der Waals surface area contributed by atoms with Gasteiger partial charge in [-0.1, -0.05) is 0 Å². The maximum Gasteiger partial charge on any atom is 0.492 e. The predicted molar refractivity (Wildman–Crippen MR) is 93.9 cm³/mol. The van der Waals surface area contributed by atoms with E-state index in [-0.39, 0.29) is 12.4 Å². The molecule has 0 aliphatic carbocycles. The van der Waals surface area contributed by atoms with Crippen molar-refractivity contribution in [3.05, 3.63) is 41.3 Å². The molecule has 0 bridgehead atoms. The van der Waals surface area contributed by atoms with E-state index in [9.17, 15) is 9.82 Å². The molecule has 9 heteroatoms. The second-order valence-electron chi connectivity index (χ2n) is 5.88. The molecule has 2 heterocycles. The van der Waals surface area contributed by atoms with Gasteiger partial charge in [0.1, 0.15) is 5.75 Å². The Labute approximate surface area is 151 Å². The van der Waals surface area contributed by atoms with Crippen LogP contribution in [0.5, 0.6) is 11.6 Å².